The van der Waals surface area contributed by atoms with Gasteiger partial charge in [-0.1, -0.05) is 0 Å². The Kier molecular flexibility index (Phi) is 3.79. The van der Waals surface area contributed by atoms with Crippen LogP contribution in [0.3, 0.4) is 0 Å². The predicted octanol–water partition coefficient (Wildman–Crippen LogP) is 0.935. The maximum Gasteiger partial charge on any atom is 0.258 e. The number of carbonyl (C=O) groups is 1. The van der Waals surface area contributed by atoms with Crippen LogP contribution in [0.5, 0.6) is 0 Å². The van der Waals surface area contributed by atoms with Crippen LogP contribution in [-0.2, 0) is 10.0 Å². The monoisotopic (exact) mass is 336 g/mol. The molecule has 0 aromatic carbocycles. The van der Waals surface area contributed by atoms with Crippen LogP contribution in [0.1, 0.15) is 23.2 Å². The number of nitrogens with zero attached hydrogens (tertiary/aromatic N) is 1. The fraction of sp³-hybridized carbons (Fsp3) is 0.500. The van der Waals surface area contributed by atoms with Gasteiger partial charge in [-0.2, -0.15) is 0 Å². The number of halogens is 1. The molecular weight excluding hydrogens is 324 g/mol. The number of primary sulfonamides is 1. The summed E-state index contributed by atoms with van der Waals surface area (Å²) in [7, 11) is -3.60. The lowest BCUT2D eigenvalue weighted by Gasteiger charge is -2.31. The molecule has 1 unspecified atom stereocenters. The van der Waals surface area contributed by atoms with Crippen molar-refractivity contribution < 1.29 is 17.6 Å². The van der Waals surface area contributed by atoms with Crippen molar-refractivity contribution >= 4 is 31.9 Å². The van der Waals surface area contributed by atoms with E-state index >= 15 is 0 Å². The molecule has 2 heterocycles. The van der Waals surface area contributed by atoms with Crippen LogP contribution >= 0.6 is 15.9 Å². The first kappa shape index (κ1) is 13.6. The molecule has 2 rings (SSSR count). The van der Waals surface area contributed by atoms with E-state index < -0.39 is 15.3 Å². The van der Waals surface area contributed by atoms with E-state index in [1.807, 2.05) is 0 Å². The Hall–Kier alpha value is -0.860. The second-order valence-electron chi connectivity index (χ2n) is 4.21. The molecule has 1 fully saturated rings. The van der Waals surface area contributed by atoms with Crippen molar-refractivity contribution in [2.24, 2.45) is 5.14 Å². The number of nitrogens with two attached hydrogens (primary N) is 1. The minimum absolute atomic E-state index is 0.134. The summed E-state index contributed by atoms with van der Waals surface area (Å²) in [5, 5.41) is 4.45. The summed E-state index contributed by atoms with van der Waals surface area (Å²) < 4.78 is 28.0. The zero-order chi connectivity index (χ0) is 13.3. The molecule has 1 amide bonds. The standard InChI is InChI=1S/C10H13BrN2O4S/c11-9-8(3-5-17-9)10(14)13-4-1-2-7(6-13)18(12,15)16/h3,5,7H,1-2,4,6H2,(H2,12,15,16). The second-order valence-corrected chi connectivity index (χ2v) is 6.78. The molecule has 0 spiro atoms. The van der Waals surface area contributed by atoms with Gasteiger partial charge in [-0.25, -0.2) is 13.6 Å². The molecule has 0 radical (unpaired) electrons. The maximum absolute atomic E-state index is 12.2. The molecule has 2 N–H and O–H groups in total. The minimum Gasteiger partial charge on any atom is -0.457 e. The third kappa shape index (κ3) is 2.76. The summed E-state index contributed by atoms with van der Waals surface area (Å²) in [5.74, 6) is -0.246. The molecule has 1 aliphatic rings. The first-order valence-electron chi connectivity index (χ1n) is 5.43. The zero-order valence-electron chi connectivity index (χ0n) is 9.50. The lowest BCUT2D eigenvalue weighted by Crippen LogP contribution is -2.47. The van der Waals surface area contributed by atoms with Gasteiger partial charge < -0.3 is 9.32 Å². The lowest BCUT2D eigenvalue weighted by atomic mass is 10.1. The Morgan fingerprint density at radius 3 is 2.83 bits per heavy atom. The average molecular weight is 337 g/mol. The summed E-state index contributed by atoms with van der Waals surface area (Å²) in [6.07, 6.45) is 2.52. The van der Waals surface area contributed by atoms with Gasteiger partial charge in [-0.3, -0.25) is 4.79 Å². The van der Waals surface area contributed by atoms with Crippen LogP contribution in [-0.4, -0.2) is 37.6 Å². The quantitative estimate of drug-likeness (QED) is 0.869. The summed E-state index contributed by atoms with van der Waals surface area (Å²) >= 11 is 3.13. The Labute approximate surface area is 113 Å². The van der Waals surface area contributed by atoms with E-state index in [1.54, 1.807) is 6.07 Å². The van der Waals surface area contributed by atoms with Crippen molar-refractivity contribution in [2.75, 3.05) is 13.1 Å². The molecule has 8 heteroatoms. The highest BCUT2D eigenvalue weighted by Gasteiger charge is 2.31. The van der Waals surface area contributed by atoms with Crippen LogP contribution in [0.2, 0.25) is 0 Å². The van der Waals surface area contributed by atoms with Gasteiger partial charge >= 0.3 is 0 Å². The van der Waals surface area contributed by atoms with Crippen molar-refractivity contribution in [1.29, 1.82) is 0 Å². The van der Waals surface area contributed by atoms with Crippen molar-refractivity contribution in [3.8, 4) is 0 Å². The van der Waals surface area contributed by atoms with E-state index in [0.29, 0.717) is 29.6 Å². The Morgan fingerprint density at radius 1 is 1.56 bits per heavy atom. The molecule has 18 heavy (non-hydrogen) atoms. The molecule has 0 saturated carbocycles. The third-order valence-corrected chi connectivity index (χ3v) is 4.91. The Balaban J connectivity index is 2.15. The molecular formula is C10H13BrN2O4S. The van der Waals surface area contributed by atoms with Crippen molar-refractivity contribution in [3.05, 3.63) is 22.6 Å². The lowest BCUT2D eigenvalue weighted by molar-refractivity contribution is 0.0725. The summed E-state index contributed by atoms with van der Waals surface area (Å²) in [6.45, 7) is 0.664. The van der Waals surface area contributed by atoms with Gasteiger partial charge in [-0.15, -0.1) is 0 Å². The smallest absolute Gasteiger partial charge is 0.258 e. The second kappa shape index (κ2) is 5.02. The van der Waals surface area contributed by atoms with Crippen molar-refractivity contribution in [3.63, 3.8) is 0 Å². The van der Waals surface area contributed by atoms with E-state index in [-0.39, 0.29) is 12.5 Å². The SMILES string of the molecule is NS(=O)(=O)C1CCCN(C(=O)c2ccoc2Br)C1. The number of amides is 1. The highest BCUT2D eigenvalue weighted by atomic mass is 79.9. The summed E-state index contributed by atoms with van der Waals surface area (Å²) in [4.78, 5) is 13.6. The number of sulfonamides is 1. The molecule has 0 bridgehead atoms. The Bertz CT molecular complexity index is 554. The van der Waals surface area contributed by atoms with E-state index in [1.165, 1.54) is 11.2 Å². The van der Waals surface area contributed by atoms with Gasteiger partial charge in [0, 0.05) is 13.1 Å². The highest BCUT2D eigenvalue weighted by Crippen LogP contribution is 2.22. The van der Waals surface area contributed by atoms with Crippen molar-refractivity contribution in [2.45, 2.75) is 18.1 Å². The number of hydrogen-bond acceptors (Lipinski definition) is 4. The minimum atomic E-state index is -3.60. The van der Waals surface area contributed by atoms with Crippen LogP contribution in [0.4, 0.5) is 0 Å². The van der Waals surface area contributed by atoms with E-state index in [2.05, 4.69) is 15.9 Å². The number of piperidine rings is 1. The van der Waals surface area contributed by atoms with Crippen molar-refractivity contribution in [1.82, 2.24) is 4.90 Å². The molecule has 6 nitrogen and oxygen atoms in total. The number of furan rings is 1. The van der Waals surface area contributed by atoms with Gasteiger partial charge in [0.2, 0.25) is 10.0 Å². The molecule has 1 aromatic rings. The van der Waals surface area contributed by atoms with Gasteiger partial charge in [0.05, 0.1) is 17.1 Å². The van der Waals surface area contributed by atoms with E-state index in [9.17, 15) is 13.2 Å². The number of hydrogen-bond donors (Lipinski definition) is 1. The average Bonchev–Trinajstić information content (AvgIpc) is 2.73. The molecule has 1 atom stereocenters. The van der Waals surface area contributed by atoms with Crippen LogP contribution in [0.15, 0.2) is 21.4 Å². The predicted molar refractivity (Wildman–Crippen MR) is 68.4 cm³/mol. The number of likely N-dealkylation sites (tertiary alicyclic amines) is 1. The molecule has 1 saturated heterocycles. The topological polar surface area (TPSA) is 93.6 Å². The molecule has 1 aromatic heterocycles. The first-order valence-corrected chi connectivity index (χ1v) is 7.83. The van der Waals surface area contributed by atoms with Gasteiger partial charge in [0.25, 0.3) is 5.91 Å². The molecule has 100 valence electrons. The van der Waals surface area contributed by atoms with Crippen LogP contribution in [0.25, 0.3) is 0 Å². The van der Waals surface area contributed by atoms with Gasteiger partial charge in [0.1, 0.15) is 0 Å². The fourth-order valence-electron chi connectivity index (χ4n) is 2.01. The Morgan fingerprint density at radius 2 is 2.28 bits per heavy atom. The highest BCUT2D eigenvalue weighted by molar-refractivity contribution is 9.10. The normalized spacial score (nSPS) is 21.0. The number of rotatable bonds is 2. The third-order valence-electron chi connectivity index (χ3n) is 2.98. The van der Waals surface area contributed by atoms with Crippen LogP contribution < -0.4 is 5.14 Å². The first-order chi connectivity index (χ1) is 8.39. The fourth-order valence-corrected chi connectivity index (χ4v) is 3.30. The number of carbonyl (C=O) groups excluding carboxylic acids is 1. The largest absolute Gasteiger partial charge is 0.457 e. The molecule has 0 aliphatic carbocycles. The summed E-state index contributed by atoms with van der Waals surface area (Å²) in [5.41, 5.74) is 0.394. The zero-order valence-corrected chi connectivity index (χ0v) is 11.9. The molecule has 1 aliphatic heterocycles. The van der Waals surface area contributed by atoms with E-state index in [0.717, 1.165) is 0 Å². The van der Waals surface area contributed by atoms with E-state index in [4.69, 9.17) is 9.56 Å². The van der Waals surface area contributed by atoms with Gasteiger partial charge in [0.15, 0.2) is 4.67 Å². The van der Waals surface area contributed by atoms with Crippen LogP contribution in [0, 0.1) is 0 Å². The summed E-state index contributed by atoms with van der Waals surface area (Å²) in [6, 6.07) is 1.55. The van der Waals surface area contributed by atoms with Gasteiger partial charge in [-0.05, 0) is 34.8 Å². The maximum atomic E-state index is 12.2.